The first kappa shape index (κ1) is 32.8. The number of rotatable bonds is 9. The summed E-state index contributed by atoms with van der Waals surface area (Å²) >= 11 is 0. The maximum atomic E-state index is 14.5. The Morgan fingerprint density at radius 3 is 2.39 bits per heavy atom. The van der Waals surface area contributed by atoms with Gasteiger partial charge in [-0.3, -0.25) is 14.6 Å². The van der Waals surface area contributed by atoms with Crippen LogP contribution in [0.2, 0.25) is 0 Å². The Morgan fingerprint density at radius 1 is 1.00 bits per heavy atom. The average Bonchev–Trinajstić information content (AvgIpc) is 3.41. The normalized spacial score (nSPS) is 14.3. The molecule has 0 spiro atoms. The molecule has 1 aliphatic carbocycles. The van der Waals surface area contributed by atoms with E-state index < -0.39 is 53.1 Å². The lowest BCUT2D eigenvalue weighted by Gasteiger charge is -2.26. The Bertz CT molecular complexity index is 1750. The van der Waals surface area contributed by atoms with Crippen LogP contribution in [0.1, 0.15) is 76.7 Å². The molecule has 0 saturated heterocycles. The van der Waals surface area contributed by atoms with Crippen molar-refractivity contribution in [3.8, 4) is 11.1 Å². The second-order valence-electron chi connectivity index (χ2n) is 11.3. The molecular weight excluding hydrogens is 610 g/mol. The monoisotopic (exact) mass is 642 g/mol. The molecular formula is C34H32F6N4O2. The molecule has 12 heteroatoms. The van der Waals surface area contributed by atoms with E-state index in [1.165, 1.54) is 29.9 Å². The van der Waals surface area contributed by atoms with Crippen molar-refractivity contribution in [2.24, 2.45) is 0 Å². The van der Waals surface area contributed by atoms with Crippen LogP contribution >= 0.6 is 0 Å². The van der Waals surface area contributed by atoms with Gasteiger partial charge in [0.2, 0.25) is 5.91 Å². The number of nitrogens with one attached hydrogen (secondary N) is 2. The lowest BCUT2D eigenvalue weighted by atomic mass is 9.93. The molecule has 1 unspecified atom stereocenters. The van der Waals surface area contributed by atoms with Crippen molar-refractivity contribution in [3.63, 3.8) is 0 Å². The molecule has 46 heavy (non-hydrogen) atoms. The zero-order valence-electron chi connectivity index (χ0n) is 25.1. The van der Waals surface area contributed by atoms with Gasteiger partial charge in [0.05, 0.1) is 22.9 Å². The van der Waals surface area contributed by atoms with E-state index in [4.69, 9.17) is 0 Å². The predicted molar refractivity (Wildman–Crippen MR) is 159 cm³/mol. The smallest absolute Gasteiger partial charge is 0.355 e. The minimum absolute atomic E-state index is 0.137. The number of hydrogen-bond donors (Lipinski definition) is 2. The molecule has 2 aromatic carbocycles. The van der Waals surface area contributed by atoms with Crippen LogP contribution in [0.3, 0.4) is 0 Å². The highest BCUT2D eigenvalue weighted by Crippen LogP contribution is 2.40. The third-order valence-electron chi connectivity index (χ3n) is 8.27. The van der Waals surface area contributed by atoms with Gasteiger partial charge in [-0.2, -0.15) is 13.2 Å². The molecule has 5 rings (SSSR count). The van der Waals surface area contributed by atoms with Gasteiger partial charge < -0.3 is 15.2 Å². The first-order valence-corrected chi connectivity index (χ1v) is 14.9. The van der Waals surface area contributed by atoms with Crippen molar-refractivity contribution < 1.29 is 35.9 Å². The minimum Gasteiger partial charge on any atom is -0.355 e. The van der Waals surface area contributed by atoms with Crippen LogP contribution in [-0.2, 0) is 30.2 Å². The molecule has 2 amide bonds. The molecule has 0 bridgehead atoms. The Morgan fingerprint density at radius 2 is 1.72 bits per heavy atom. The summed E-state index contributed by atoms with van der Waals surface area (Å²) in [7, 11) is 1.36. The Labute approximate surface area is 261 Å². The molecule has 2 heterocycles. The maximum Gasteiger partial charge on any atom is 0.418 e. The third kappa shape index (κ3) is 6.80. The SMILES string of the molecule is CCC(C(=O)N[C@@H](Cc1cc(F)cc(F)c1)c1ncccc1-c1ccc(F)c(C(=O)NC)c1)n1cc(C(F)(F)F)c2c1CCCC2. The van der Waals surface area contributed by atoms with E-state index in [0.29, 0.717) is 42.1 Å². The van der Waals surface area contributed by atoms with E-state index in [-0.39, 0.29) is 41.6 Å². The first-order chi connectivity index (χ1) is 21.9. The number of amides is 2. The van der Waals surface area contributed by atoms with Gasteiger partial charge in [0.25, 0.3) is 5.91 Å². The van der Waals surface area contributed by atoms with Crippen molar-refractivity contribution in [1.82, 2.24) is 20.2 Å². The summed E-state index contributed by atoms with van der Waals surface area (Å²) in [5.41, 5.74) is 0.908. The van der Waals surface area contributed by atoms with Crippen LogP contribution in [-0.4, -0.2) is 28.4 Å². The molecule has 6 nitrogen and oxygen atoms in total. The highest BCUT2D eigenvalue weighted by Gasteiger charge is 2.39. The summed E-state index contributed by atoms with van der Waals surface area (Å²) in [6.45, 7) is 1.69. The number of aromatic nitrogens is 2. The number of fused-ring (bicyclic) bond motifs is 1. The summed E-state index contributed by atoms with van der Waals surface area (Å²) < 4.78 is 86.4. The van der Waals surface area contributed by atoms with Gasteiger partial charge in [-0.15, -0.1) is 0 Å². The predicted octanol–water partition coefficient (Wildman–Crippen LogP) is 7.28. The summed E-state index contributed by atoms with van der Waals surface area (Å²) in [5.74, 6) is -3.69. The number of carbonyl (C=O) groups is 2. The quantitative estimate of drug-likeness (QED) is 0.189. The van der Waals surface area contributed by atoms with Crippen LogP contribution in [0.25, 0.3) is 11.1 Å². The van der Waals surface area contributed by atoms with E-state index in [0.717, 1.165) is 24.4 Å². The second-order valence-corrected chi connectivity index (χ2v) is 11.3. The summed E-state index contributed by atoms with van der Waals surface area (Å²) in [5, 5.41) is 5.27. The number of pyridine rings is 1. The number of hydrogen-bond acceptors (Lipinski definition) is 3. The molecule has 2 atom stereocenters. The van der Waals surface area contributed by atoms with Gasteiger partial charge in [-0.1, -0.05) is 19.1 Å². The van der Waals surface area contributed by atoms with Crippen molar-refractivity contribution in [2.45, 2.75) is 63.7 Å². The molecule has 0 aliphatic heterocycles. The van der Waals surface area contributed by atoms with Crippen LogP contribution in [0.5, 0.6) is 0 Å². The van der Waals surface area contributed by atoms with Crippen molar-refractivity contribution in [2.75, 3.05) is 7.05 Å². The van der Waals surface area contributed by atoms with Crippen LogP contribution < -0.4 is 10.6 Å². The molecule has 0 radical (unpaired) electrons. The zero-order chi connectivity index (χ0) is 33.2. The van der Waals surface area contributed by atoms with E-state index in [2.05, 4.69) is 15.6 Å². The van der Waals surface area contributed by atoms with E-state index in [1.54, 1.807) is 19.1 Å². The fourth-order valence-electron chi connectivity index (χ4n) is 6.18. The molecule has 2 N–H and O–H groups in total. The number of carbonyl (C=O) groups excluding carboxylic acids is 2. The van der Waals surface area contributed by atoms with Gasteiger partial charge in [-0.25, -0.2) is 13.2 Å². The average molecular weight is 643 g/mol. The van der Waals surface area contributed by atoms with Crippen LogP contribution in [0, 0.1) is 17.5 Å². The number of benzene rings is 2. The fourth-order valence-corrected chi connectivity index (χ4v) is 6.18. The summed E-state index contributed by atoms with van der Waals surface area (Å²) in [4.78, 5) is 30.8. The first-order valence-electron chi connectivity index (χ1n) is 14.9. The van der Waals surface area contributed by atoms with E-state index in [9.17, 15) is 35.9 Å². The standard InChI is InChI=1S/C34H32F6N4O2/c1-3-29(44-18-26(34(38,39)40)24-7-4-5-9-30(24)44)33(46)43-28(15-19-13-21(35)17-22(36)14-19)31-23(8-6-12-42-31)20-10-11-27(37)25(16-20)32(45)41-2/h6,8,10-14,16-18,28-29H,3-5,7,9,15H2,1-2H3,(H,41,45)(H,43,46)/t28-,29?/m0/s1. The largest absolute Gasteiger partial charge is 0.418 e. The molecule has 242 valence electrons. The highest BCUT2D eigenvalue weighted by molar-refractivity contribution is 5.95. The van der Waals surface area contributed by atoms with Crippen LogP contribution in [0.15, 0.2) is 60.9 Å². The Balaban J connectivity index is 1.58. The molecule has 4 aromatic rings. The third-order valence-corrected chi connectivity index (χ3v) is 8.27. The molecule has 0 fully saturated rings. The van der Waals surface area contributed by atoms with Gasteiger partial charge in [-0.05, 0) is 85.5 Å². The summed E-state index contributed by atoms with van der Waals surface area (Å²) in [6, 6.07) is 8.01. The second kappa shape index (κ2) is 13.4. The molecule has 1 aliphatic rings. The van der Waals surface area contributed by atoms with Gasteiger partial charge in [0.1, 0.15) is 23.5 Å². The van der Waals surface area contributed by atoms with Crippen molar-refractivity contribution in [1.29, 1.82) is 0 Å². The maximum absolute atomic E-state index is 14.5. The topological polar surface area (TPSA) is 76.0 Å². The van der Waals surface area contributed by atoms with Crippen molar-refractivity contribution >= 4 is 11.8 Å². The minimum atomic E-state index is -4.59. The van der Waals surface area contributed by atoms with Gasteiger partial charge in [0.15, 0.2) is 0 Å². The Kier molecular flexibility index (Phi) is 9.55. The lowest BCUT2D eigenvalue weighted by molar-refractivity contribution is -0.138. The van der Waals surface area contributed by atoms with E-state index >= 15 is 0 Å². The highest BCUT2D eigenvalue weighted by atomic mass is 19.4. The fraction of sp³-hybridized carbons (Fsp3) is 0.324. The van der Waals surface area contributed by atoms with Crippen LogP contribution in [0.4, 0.5) is 26.3 Å². The molecule has 0 saturated carbocycles. The Hall–Kier alpha value is -4.61. The number of alkyl halides is 3. The van der Waals surface area contributed by atoms with E-state index in [1.807, 2.05) is 0 Å². The zero-order valence-corrected chi connectivity index (χ0v) is 25.1. The lowest BCUT2D eigenvalue weighted by Crippen LogP contribution is -2.37. The number of halogens is 6. The summed E-state index contributed by atoms with van der Waals surface area (Å²) in [6.07, 6.45) is -0.156. The van der Waals surface area contributed by atoms with Gasteiger partial charge >= 0.3 is 6.18 Å². The number of nitrogens with zero attached hydrogens (tertiary/aromatic N) is 2. The molecule has 2 aromatic heterocycles. The van der Waals surface area contributed by atoms with Crippen molar-refractivity contribution in [3.05, 3.63) is 112 Å². The van der Waals surface area contributed by atoms with Gasteiger partial charge in [0, 0.05) is 36.8 Å².